The number of benzene rings is 1. The molecule has 3 heteroatoms. The van der Waals surface area contributed by atoms with Crippen LogP contribution in [0.3, 0.4) is 0 Å². The zero-order valence-electron chi connectivity index (χ0n) is 16.3. The molecule has 0 bridgehead atoms. The van der Waals surface area contributed by atoms with E-state index in [1.54, 1.807) is 0 Å². The van der Waals surface area contributed by atoms with Crippen molar-refractivity contribution in [2.24, 2.45) is 0 Å². The Balaban J connectivity index is 1.78. The standard InChI is InChI=1S/C24H27N3/c1-3-18-19-11-6-5-10-17(19)16-26(22(18)4-2)27-23-14-8-7-12-20(23)21-13-9-15-25-24(21)27/h5-6,9-11,13,15H,3-4,7-8,12,14,16H2,1-2H3. The van der Waals surface area contributed by atoms with Gasteiger partial charge in [-0.15, -0.1) is 0 Å². The Morgan fingerprint density at radius 3 is 2.67 bits per heavy atom. The molecule has 0 spiro atoms. The number of rotatable bonds is 3. The van der Waals surface area contributed by atoms with Gasteiger partial charge in [0.1, 0.15) is 0 Å². The SMILES string of the molecule is CCC1=C(CC)N(n2c3c(c4cccnc42)CCCC3)Cc2ccccc21. The monoisotopic (exact) mass is 357 g/mol. The molecule has 1 aromatic carbocycles. The second-order valence-corrected chi connectivity index (χ2v) is 7.67. The van der Waals surface area contributed by atoms with Crippen LogP contribution in [-0.2, 0) is 19.4 Å². The van der Waals surface area contributed by atoms with E-state index >= 15 is 0 Å². The van der Waals surface area contributed by atoms with E-state index in [2.05, 4.69) is 59.9 Å². The lowest BCUT2D eigenvalue weighted by atomic mass is 9.91. The van der Waals surface area contributed by atoms with Crippen molar-refractivity contribution in [1.29, 1.82) is 0 Å². The van der Waals surface area contributed by atoms with Crippen molar-refractivity contribution in [3.8, 4) is 0 Å². The number of aryl methyl sites for hydroxylation is 1. The summed E-state index contributed by atoms with van der Waals surface area (Å²) in [7, 11) is 0. The summed E-state index contributed by atoms with van der Waals surface area (Å²) in [4.78, 5) is 4.84. The molecule has 2 aromatic heterocycles. The molecule has 0 unspecified atom stereocenters. The lowest BCUT2D eigenvalue weighted by molar-refractivity contribution is 0.578. The van der Waals surface area contributed by atoms with Crippen LogP contribution in [0.5, 0.6) is 0 Å². The van der Waals surface area contributed by atoms with Crippen LogP contribution in [0.15, 0.2) is 48.3 Å². The molecule has 1 aliphatic carbocycles. The van der Waals surface area contributed by atoms with E-state index in [1.165, 1.54) is 58.3 Å². The third-order valence-electron chi connectivity index (χ3n) is 6.26. The van der Waals surface area contributed by atoms with Gasteiger partial charge in [0.25, 0.3) is 0 Å². The highest BCUT2D eigenvalue weighted by Gasteiger charge is 2.29. The Bertz CT molecular complexity index is 1040. The van der Waals surface area contributed by atoms with Gasteiger partial charge in [0, 0.05) is 23.0 Å². The molecule has 5 rings (SSSR count). The molecule has 0 atom stereocenters. The molecule has 138 valence electrons. The van der Waals surface area contributed by atoms with Gasteiger partial charge in [-0.3, -0.25) is 5.01 Å². The summed E-state index contributed by atoms with van der Waals surface area (Å²) in [5.41, 5.74) is 9.94. The summed E-state index contributed by atoms with van der Waals surface area (Å²) in [5.74, 6) is 0. The van der Waals surface area contributed by atoms with Gasteiger partial charge in [0.2, 0.25) is 0 Å². The van der Waals surface area contributed by atoms with Crippen molar-refractivity contribution in [1.82, 2.24) is 9.66 Å². The van der Waals surface area contributed by atoms with Crippen molar-refractivity contribution in [3.63, 3.8) is 0 Å². The molecule has 1 aliphatic heterocycles. The average Bonchev–Trinajstić information content (AvgIpc) is 3.06. The largest absolute Gasteiger partial charge is 0.279 e. The van der Waals surface area contributed by atoms with Crippen LogP contribution in [0.2, 0.25) is 0 Å². The Morgan fingerprint density at radius 1 is 0.963 bits per heavy atom. The molecule has 0 radical (unpaired) electrons. The third-order valence-corrected chi connectivity index (χ3v) is 6.26. The Morgan fingerprint density at radius 2 is 1.81 bits per heavy atom. The molecule has 0 saturated heterocycles. The second kappa shape index (κ2) is 6.56. The van der Waals surface area contributed by atoms with Crippen LogP contribution in [-0.4, -0.2) is 9.66 Å². The minimum absolute atomic E-state index is 0.926. The van der Waals surface area contributed by atoms with Gasteiger partial charge in [-0.25, -0.2) is 9.66 Å². The lowest BCUT2D eigenvalue weighted by Crippen LogP contribution is -2.38. The van der Waals surface area contributed by atoms with Crippen LogP contribution in [0.25, 0.3) is 16.6 Å². The molecule has 3 heterocycles. The molecule has 0 N–H and O–H groups in total. The first kappa shape index (κ1) is 16.6. The van der Waals surface area contributed by atoms with Crippen molar-refractivity contribution in [2.75, 3.05) is 5.01 Å². The van der Waals surface area contributed by atoms with Crippen LogP contribution < -0.4 is 5.01 Å². The van der Waals surface area contributed by atoms with Gasteiger partial charge >= 0.3 is 0 Å². The van der Waals surface area contributed by atoms with Gasteiger partial charge in [-0.05, 0) is 72.9 Å². The molecular weight excluding hydrogens is 330 g/mol. The Labute approximate surface area is 161 Å². The van der Waals surface area contributed by atoms with Crippen molar-refractivity contribution in [3.05, 3.63) is 70.7 Å². The Hall–Kier alpha value is -2.55. The van der Waals surface area contributed by atoms with Gasteiger partial charge in [0.05, 0.1) is 6.54 Å². The predicted octanol–water partition coefficient (Wildman–Crippen LogP) is 5.60. The van der Waals surface area contributed by atoms with Gasteiger partial charge < -0.3 is 0 Å². The minimum Gasteiger partial charge on any atom is -0.279 e. The van der Waals surface area contributed by atoms with E-state index < -0.39 is 0 Å². The maximum atomic E-state index is 4.84. The topological polar surface area (TPSA) is 21.1 Å². The van der Waals surface area contributed by atoms with E-state index in [-0.39, 0.29) is 0 Å². The number of hydrogen-bond donors (Lipinski definition) is 0. The van der Waals surface area contributed by atoms with Crippen LogP contribution in [0.4, 0.5) is 0 Å². The first-order chi connectivity index (χ1) is 13.3. The highest BCUT2D eigenvalue weighted by Crippen LogP contribution is 2.38. The van der Waals surface area contributed by atoms with Crippen LogP contribution in [0, 0.1) is 0 Å². The number of hydrogen-bond acceptors (Lipinski definition) is 2. The summed E-state index contributed by atoms with van der Waals surface area (Å²) in [6.45, 7) is 5.50. The van der Waals surface area contributed by atoms with Gasteiger partial charge in [0.15, 0.2) is 5.65 Å². The summed E-state index contributed by atoms with van der Waals surface area (Å²) in [6.07, 6.45) is 8.95. The van der Waals surface area contributed by atoms with Gasteiger partial charge in [-0.1, -0.05) is 38.1 Å². The summed E-state index contributed by atoms with van der Waals surface area (Å²) in [6, 6.07) is 13.3. The van der Waals surface area contributed by atoms with E-state index in [0.717, 1.165) is 31.5 Å². The number of allylic oxidation sites excluding steroid dienone is 2. The normalized spacial score (nSPS) is 16.6. The first-order valence-corrected chi connectivity index (χ1v) is 10.4. The number of pyridine rings is 1. The number of aromatic nitrogens is 2. The molecular formula is C24H27N3. The average molecular weight is 358 g/mol. The van der Waals surface area contributed by atoms with Crippen molar-refractivity contribution < 1.29 is 0 Å². The zero-order valence-corrected chi connectivity index (χ0v) is 16.3. The first-order valence-electron chi connectivity index (χ1n) is 10.4. The lowest BCUT2D eigenvalue weighted by Gasteiger charge is -2.37. The zero-order chi connectivity index (χ0) is 18.4. The molecule has 2 aliphatic rings. The fourth-order valence-corrected chi connectivity index (χ4v) is 5.10. The molecule has 0 amide bonds. The second-order valence-electron chi connectivity index (χ2n) is 7.67. The fourth-order valence-electron chi connectivity index (χ4n) is 5.10. The molecule has 0 saturated carbocycles. The highest BCUT2D eigenvalue weighted by atomic mass is 15.6. The van der Waals surface area contributed by atoms with Crippen LogP contribution >= 0.6 is 0 Å². The molecule has 3 aromatic rings. The molecule has 3 nitrogen and oxygen atoms in total. The molecule has 27 heavy (non-hydrogen) atoms. The van der Waals surface area contributed by atoms with E-state index in [1.807, 2.05) is 6.20 Å². The van der Waals surface area contributed by atoms with Crippen molar-refractivity contribution >= 4 is 16.6 Å². The Kier molecular flexibility index (Phi) is 4.04. The third kappa shape index (κ3) is 2.44. The van der Waals surface area contributed by atoms with Gasteiger partial charge in [-0.2, -0.15) is 0 Å². The fraction of sp³-hybridized carbons (Fsp3) is 0.375. The summed E-state index contributed by atoms with van der Waals surface area (Å²) in [5, 5.41) is 3.88. The van der Waals surface area contributed by atoms with E-state index in [0.29, 0.717) is 0 Å². The maximum Gasteiger partial charge on any atom is 0.159 e. The van der Waals surface area contributed by atoms with Crippen LogP contribution in [0.1, 0.15) is 61.9 Å². The summed E-state index contributed by atoms with van der Waals surface area (Å²) >= 11 is 0. The predicted molar refractivity (Wildman–Crippen MR) is 112 cm³/mol. The number of nitrogens with zero attached hydrogens (tertiary/aromatic N) is 3. The highest BCUT2D eigenvalue weighted by molar-refractivity contribution is 5.84. The quantitative estimate of drug-likeness (QED) is 0.608. The smallest absolute Gasteiger partial charge is 0.159 e. The molecule has 0 fully saturated rings. The summed E-state index contributed by atoms with van der Waals surface area (Å²) < 4.78 is 2.47. The minimum atomic E-state index is 0.926. The van der Waals surface area contributed by atoms with Crippen molar-refractivity contribution in [2.45, 2.75) is 58.9 Å². The maximum absolute atomic E-state index is 4.84. The van der Waals surface area contributed by atoms with E-state index in [4.69, 9.17) is 4.98 Å². The number of fused-ring (bicyclic) bond motifs is 4. The van der Waals surface area contributed by atoms with E-state index in [9.17, 15) is 0 Å².